The smallest absolute Gasteiger partial charge is 0.236 e. The van der Waals surface area contributed by atoms with E-state index in [0.29, 0.717) is 0 Å². The number of amides is 1. The van der Waals surface area contributed by atoms with Gasteiger partial charge in [-0.1, -0.05) is 29.3 Å². The Morgan fingerprint density at radius 3 is 2.42 bits per heavy atom. The zero-order chi connectivity index (χ0) is 9.78. The first kappa shape index (κ1) is 11.9. The zero-order valence-electron chi connectivity index (χ0n) is 8.28. The molecular weight excluding hydrogens is 218 g/mol. The Morgan fingerprint density at radius 1 is 1.58 bits per heavy atom. The van der Waals surface area contributed by atoms with Gasteiger partial charge in [0, 0.05) is 6.04 Å². The molecule has 0 spiro atoms. The summed E-state index contributed by atoms with van der Waals surface area (Å²) < 4.78 is -0.449. The quantitative estimate of drug-likeness (QED) is 0.746. The van der Waals surface area contributed by atoms with Crippen LogP contribution in [0.4, 0.5) is 0 Å². The third-order valence-corrected chi connectivity index (χ3v) is 2.00. The first-order chi connectivity index (χ1) is 5.38. The van der Waals surface area contributed by atoms with Crippen molar-refractivity contribution >= 4 is 21.8 Å². The Morgan fingerprint density at radius 2 is 2.08 bits per heavy atom. The summed E-state index contributed by atoms with van der Waals surface area (Å²) in [6.45, 7) is 7.84. The van der Waals surface area contributed by atoms with E-state index in [9.17, 15) is 4.79 Å². The monoisotopic (exact) mass is 235 g/mol. The molecule has 0 aliphatic heterocycles. The number of hydrogen-bond acceptors (Lipinski definition) is 1. The highest BCUT2D eigenvalue weighted by Crippen LogP contribution is 2.15. The van der Waals surface area contributed by atoms with E-state index in [-0.39, 0.29) is 11.9 Å². The van der Waals surface area contributed by atoms with Crippen LogP contribution in [0.5, 0.6) is 0 Å². The molecule has 0 saturated carbocycles. The molecule has 0 saturated heterocycles. The molecule has 12 heavy (non-hydrogen) atoms. The standard InChI is InChI=1S/C9H18BrNO/c1-5-6-7(2)11-8(12)9(3,4)10/h7H,5-6H2,1-4H3,(H,11,12). The topological polar surface area (TPSA) is 29.1 Å². The fourth-order valence-electron chi connectivity index (χ4n) is 0.901. The Kier molecular flexibility index (Phi) is 4.83. The minimum Gasteiger partial charge on any atom is -0.352 e. The maximum atomic E-state index is 11.4. The normalized spacial score (nSPS) is 14.1. The van der Waals surface area contributed by atoms with Gasteiger partial charge in [0.25, 0.3) is 0 Å². The van der Waals surface area contributed by atoms with Crippen molar-refractivity contribution < 1.29 is 4.79 Å². The van der Waals surface area contributed by atoms with Gasteiger partial charge in [-0.15, -0.1) is 0 Å². The summed E-state index contributed by atoms with van der Waals surface area (Å²) in [6, 6.07) is 0.277. The Hall–Kier alpha value is -0.0500. The zero-order valence-corrected chi connectivity index (χ0v) is 9.86. The van der Waals surface area contributed by atoms with E-state index in [0.717, 1.165) is 12.8 Å². The van der Waals surface area contributed by atoms with Crippen molar-refractivity contribution in [3.05, 3.63) is 0 Å². The first-order valence-electron chi connectivity index (χ1n) is 4.37. The molecule has 1 N–H and O–H groups in total. The van der Waals surface area contributed by atoms with Gasteiger partial charge < -0.3 is 5.32 Å². The highest BCUT2D eigenvalue weighted by molar-refractivity contribution is 9.10. The third kappa shape index (κ3) is 4.75. The molecule has 0 radical (unpaired) electrons. The number of carbonyl (C=O) groups excluding carboxylic acids is 1. The van der Waals surface area contributed by atoms with E-state index < -0.39 is 4.32 Å². The summed E-state index contributed by atoms with van der Waals surface area (Å²) in [6.07, 6.45) is 2.14. The van der Waals surface area contributed by atoms with E-state index >= 15 is 0 Å². The van der Waals surface area contributed by atoms with Crippen LogP contribution >= 0.6 is 15.9 Å². The van der Waals surface area contributed by atoms with Crippen LogP contribution in [-0.2, 0) is 4.79 Å². The van der Waals surface area contributed by atoms with Crippen molar-refractivity contribution in [3.63, 3.8) is 0 Å². The second-order valence-electron chi connectivity index (χ2n) is 3.64. The second-order valence-corrected chi connectivity index (χ2v) is 5.62. The van der Waals surface area contributed by atoms with Gasteiger partial charge in [-0.3, -0.25) is 4.79 Å². The summed E-state index contributed by atoms with van der Waals surface area (Å²) in [5.74, 6) is 0.0588. The Labute approximate surface area is 83.2 Å². The molecule has 72 valence electrons. The summed E-state index contributed by atoms with van der Waals surface area (Å²) in [7, 11) is 0. The lowest BCUT2D eigenvalue weighted by molar-refractivity contribution is -0.123. The van der Waals surface area contributed by atoms with Gasteiger partial charge in [0.05, 0.1) is 4.32 Å². The predicted molar refractivity (Wildman–Crippen MR) is 55.5 cm³/mol. The Balaban J connectivity index is 3.85. The fourth-order valence-corrected chi connectivity index (χ4v) is 1.02. The van der Waals surface area contributed by atoms with Crippen molar-refractivity contribution in [3.8, 4) is 0 Å². The van der Waals surface area contributed by atoms with Gasteiger partial charge in [-0.2, -0.15) is 0 Å². The van der Waals surface area contributed by atoms with Crippen molar-refractivity contribution in [1.82, 2.24) is 5.32 Å². The molecule has 1 atom stereocenters. The summed E-state index contributed by atoms with van der Waals surface area (Å²) in [4.78, 5) is 11.4. The van der Waals surface area contributed by atoms with Crippen molar-refractivity contribution in [1.29, 1.82) is 0 Å². The van der Waals surface area contributed by atoms with Crippen LogP contribution in [-0.4, -0.2) is 16.3 Å². The molecule has 2 nitrogen and oxygen atoms in total. The Bertz CT molecular complexity index is 151. The molecule has 1 unspecified atom stereocenters. The average Bonchev–Trinajstić information content (AvgIpc) is 1.85. The number of nitrogens with one attached hydrogen (secondary N) is 1. The van der Waals surface area contributed by atoms with Gasteiger partial charge in [0.15, 0.2) is 0 Å². The highest BCUT2D eigenvalue weighted by Gasteiger charge is 2.24. The van der Waals surface area contributed by atoms with Crippen LogP contribution in [0.25, 0.3) is 0 Å². The number of carbonyl (C=O) groups is 1. The van der Waals surface area contributed by atoms with Crippen molar-refractivity contribution in [2.24, 2.45) is 0 Å². The number of halogens is 1. The summed E-state index contributed by atoms with van der Waals surface area (Å²) in [5, 5.41) is 2.93. The van der Waals surface area contributed by atoms with E-state index in [1.165, 1.54) is 0 Å². The van der Waals surface area contributed by atoms with Crippen LogP contribution in [0.2, 0.25) is 0 Å². The molecule has 0 aromatic heterocycles. The van der Waals surface area contributed by atoms with Crippen molar-refractivity contribution in [2.75, 3.05) is 0 Å². The average molecular weight is 236 g/mol. The van der Waals surface area contributed by atoms with Gasteiger partial charge in [0.2, 0.25) is 5.91 Å². The van der Waals surface area contributed by atoms with Crippen LogP contribution < -0.4 is 5.32 Å². The lowest BCUT2D eigenvalue weighted by Gasteiger charge is -2.19. The fraction of sp³-hybridized carbons (Fsp3) is 0.889. The summed E-state index contributed by atoms with van der Waals surface area (Å²) >= 11 is 3.31. The third-order valence-electron chi connectivity index (χ3n) is 1.64. The van der Waals surface area contributed by atoms with Crippen molar-refractivity contribution in [2.45, 2.75) is 50.9 Å². The molecule has 0 aromatic carbocycles. The second kappa shape index (κ2) is 4.85. The lowest BCUT2D eigenvalue weighted by Crippen LogP contribution is -2.42. The molecule has 0 rings (SSSR count). The van der Waals surface area contributed by atoms with E-state index in [1.54, 1.807) is 0 Å². The molecule has 0 aliphatic rings. The number of hydrogen-bond donors (Lipinski definition) is 1. The minimum absolute atomic E-state index is 0.0588. The molecule has 0 aliphatic carbocycles. The molecule has 3 heteroatoms. The maximum absolute atomic E-state index is 11.4. The first-order valence-corrected chi connectivity index (χ1v) is 5.17. The van der Waals surface area contributed by atoms with Crippen LogP contribution in [0, 0.1) is 0 Å². The largest absolute Gasteiger partial charge is 0.352 e. The molecule has 1 amide bonds. The van der Waals surface area contributed by atoms with Gasteiger partial charge in [-0.25, -0.2) is 0 Å². The SMILES string of the molecule is CCCC(C)NC(=O)C(C)(C)Br. The van der Waals surface area contributed by atoms with E-state index in [4.69, 9.17) is 0 Å². The van der Waals surface area contributed by atoms with Gasteiger partial charge in [-0.05, 0) is 27.2 Å². The van der Waals surface area contributed by atoms with Crippen LogP contribution in [0.15, 0.2) is 0 Å². The molecular formula is C9H18BrNO. The van der Waals surface area contributed by atoms with Gasteiger partial charge >= 0.3 is 0 Å². The molecule has 0 aromatic rings. The number of alkyl halides is 1. The minimum atomic E-state index is -0.449. The summed E-state index contributed by atoms with van der Waals surface area (Å²) in [5.41, 5.74) is 0. The lowest BCUT2D eigenvalue weighted by atomic mass is 10.1. The maximum Gasteiger partial charge on any atom is 0.236 e. The molecule has 0 bridgehead atoms. The molecule has 0 heterocycles. The van der Waals surface area contributed by atoms with Crippen LogP contribution in [0.3, 0.4) is 0 Å². The van der Waals surface area contributed by atoms with E-state index in [1.807, 2.05) is 20.8 Å². The highest BCUT2D eigenvalue weighted by atomic mass is 79.9. The molecule has 0 fully saturated rings. The number of rotatable bonds is 4. The van der Waals surface area contributed by atoms with Gasteiger partial charge in [0.1, 0.15) is 0 Å². The predicted octanol–water partition coefficient (Wildman–Crippen LogP) is 2.46. The van der Waals surface area contributed by atoms with E-state index in [2.05, 4.69) is 28.2 Å². The van der Waals surface area contributed by atoms with Crippen LogP contribution in [0.1, 0.15) is 40.5 Å².